The van der Waals surface area contributed by atoms with E-state index >= 15 is 0 Å². The monoisotopic (exact) mass is 438 g/mol. The second kappa shape index (κ2) is 8.63. The fourth-order valence-corrected chi connectivity index (χ4v) is 4.27. The number of fused-ring (bicyclic) bond motifs is 3. The number of rotatable bonds is 8. The third-order valence-electron chi connectivity index (χ3n) is 6.13. The molecular formula is C24H26N2O6. The first-order valence-electron chi connectivity index (χ1n) is 10.6. The number of alkyl carbamates (subject to hydrolysis) is 1. The Morgan fingerprint density at radius 3 is 2.12 bits per heavy atom. The number of carboxylic acids is 1. The smallest absolute Gasteiger partial charge is 0.407 e. The van der Waals surface area contributed by atoms with Crippen molar-refractivity contribution in [3.05, 3.63) is 59.7 Å². The molecule has 0 spiro atoms. The fourth-order valence-electron chi connectivity index (χ4n) is 4.27. The summed E-state index contributed by atoms with van der Waals surface area (Å²) in [7, 11) is 0. The minimum Gasteiger partial charge on any atom is -0.480 e. The highest BCUT2D eigenvalue weighted by Crippen LogP contribution is 2.44. The van der Waals surface area contributed by atoms with Crippen molar-refractivity contribution in [2.24, 2.45) is 0 Å². The highest BCUT2D eigenvalue weighted by Gasteiger charge is 2.47. The number of aliphatic hydroxyl groups is 1. The van der Waals surface area contributed by atoms with Gasteiger partial charge >= 0.3 is 12.1 Å². The molecule has 8 heteroatoms. The molecule has 32 heavy (non-hydrogen) atoms. The molecule has 4 rings (SSSR count). The van der Waals surface area contributed by atoms with E-state index in [-0.39, 0.29) is 18.9 Å². The molecule has 1 saturated carbocycles. The van der Waals surface area contributed by atoms with Crippen LogP contribution in [0.2, 0.25) is 0 Å². The molecule has 2 aromatic rings. The molecule has 0 heterocycles. The van der Waals surface area contributed by atoms with Crippen molar-refractivity contribution in [1.29, 1.82) is 0 Å². The van der Waals surface area contributed by atoms with E-state index in [1.807, 2.05) is 36.4 Å². The average molecular weight is 438 g/mol. The maximum atomic E-state index is 12.5. The van der Waals surface area contributed by atoms with Crippen molar-refractivity contribution in [1.82, 2.24) is 10.6 Å². The number of carbonyl (C=O) groups excluding carboxylic acids is 2. The van der Waals surface area contributed by atoms with E-state index in [0.29, 0.717) is 12.8 Å². The van der Waals surface area contributed by atoms with Crippen LogP contribution in [0.5, 0.6) is 0 Å². The molecule has 2 aliphatic carbocycles. The molecule has 0 aromatic heterocycles. The first kappa shape index (κ1) is 21.8. The first-order chi connectivity index (χ1) is 15.3. The van der Waals surface area contributed by atoms with E-state index in [2.05, 4.69) is 22.8 Å². The minimum atomic E-state index is -1.40. The standard InChI is InChI=1S/C24H26N2O6/c1-14(27)21(22(29)30)25-20(28)12-24(10-11-24)26-23(31)32-13-19-17-8-4-2-6-15(17)16-7-3-5-9-18(16)19/h2-9,14,19,21,27H,10-13H2,1H3,(H,25,28)(H,26,31)(H,29,30)/t14-,21+/m1/s1. The number of carbonyl (C=O) groups is 3. The number of hydrogen-bond acceptors (Lipinski definition) is 5. The van der Waals surface area contributed by atoms with Gasteiger partial charge in [-0.05, 0) is 42.0 Å². The highest BCUT2D eigenvalue weighted by molar-refractivity contribution is 5.85. The van der Waals surface area contributed by atoms with Crippen LogP contribution in [0.1, 0.15) is 43.2 Å². The Morgan fingerprint density at radius 1 is 1.06 bits per heavy atom. The van der Waals surface area contributed by atoms with Crippen LogP contribution < -0.4 is 10.6 Å². The predicted molar refractivity (Wildman–Crippen MR) is 116 cm³/mol. The van der Waals surface area contributed by atoms with Crippen molar-refractivity contribution in [3.63, 3.8) is 0 Å². The normalized spacial score (nSPS) is 17.4. The van der Waals surface area contributed by atoms with Gasteiger partial charge in [-0.3, -0.25) is 4.79 Å². The Morgan fingerprint density at radius 2 is 1.62 bits per heavy atom. The molecule has 0 unspecified atom stereocenters. The SMILES string of the molecule is C[C@@H](O)[C@H](NC(=O)CC1(NC(=O)OCC2c3ccccc3-c3ccccc32)CC1)C(=O)O. The van der Waals surface area contributed by atoms with Crippen LogP contribution in [0.3, 0.4) is 0 Å². The summed E-state index contributed by atoms with van der Waals surface area (Å²) in [6.45, 7) is 1.46. The number of carboxylic acid groups (broad SMARTS) is 1. The van der Waals surface area contributed by atoms with Gasteiger partial charge in [-0.2, -0.15) is 0 Å². The van der Waals surface area contributed by atoms with Crippen LogP contribution >= 0.6 is 0 Å². The molecule has 0 bridgehead atoms. The fraction of sp³-hybridized carbons (Fsp3) is 0.375. The van der Waals surface area contributed by atoms with Crippen molar-refractivity contribution in [2.45, 2.75) is 49.8 Å². The molecule has 0 radical (unpaired) electrons. The second-order valence-electron chi connectivity index (χ2n) is 8.53. The molecule has 0 aliphatic heterocycles. The maximum absolute atomic E-state index is 12.5. The summed E-state index contributed by atoms with van der Waals surface area (Å²) in [5.74, 6) is -1.92. The lowest BCUT2D eigenvalue weighted by Gasteiger charge is -2.21. The van der Waals surface area contributed by atoms with E-state index in [9.17, 15) is 19.5 Å². The van der Waals surface area contributed by atoms with Gasteiger partial charge in [0.25, 0.3) is 0 Å². The zero-order valence-corrected chi connectivity index (χ0v) is 17.7. The van der Waals surface area contributed by atoms with Gasteiger partial charge in [-0.25, -0.2) is 9.59 Å². The van der Waals surface area contributed by atoms with E-state index in [0.717, 1.165) is 22.3 Å². The van der Waals surface area contributed by atoms with Crippen LogP contribution in [0.15, 0.2) is 48.5 Å². The van der Waals surface area contributed by atoms with Crippen molar-refractivity contribution in [2.75, 3.05) is 6.61 Å². The Kier molecular flexibility index (Phi) is 5.88. The minimum absolute atomic E-state index is 0.0611. The lowest BCUT2D eigenvalue weighted by Crippen LogP contribution is -2.50. The summed E-state index contributed by atoms with van der Waals surface area (Å²) in [5.41, 5.74) is 3.76. The quantitative estimate of drug-likeness (QED) is 0.502. The summed E-state index contributed by atoms with van der Waals surface area (Å²) in [6.07, 6.45) is -0.731. The van der Waals surface area contributed by atoms with Crippen LogP contribution in [-0.2, 0) is 14.3 Å². The number of nitrogens with one attached hydrogen (secondary N) is 2. The van der Waals surface area contributed by atoms with Gasteiger partial charge < -0.3 is 25.6 Å². The molecule has 0 saturated heterocycles. The van der Waals surface area contributed by atoms with E-state index in [1.54, 1.807) is 0 Å². The lowest BCUT2D eigenvalue weighted by atomic mass is 9.98. The van der Waals surface area contributed by atoms with Crippen molar-refractivity contribution >= 4 is 18.0 Å². The van der Waals surface area contributed by atoms with Gasteiger partial charge in [0.2, 0.25) is 5.91 Å². The third-order valence-corrected chi connectivity index (χ3v) is 6.13. The van der Waals surface area contributed by atoms with E-state index in [1.165, 1.54) is 6.92 Å². The summed E-state index contributed by atoms with van der Waals surface area (Å²) in [5, 5.41) is 23.7. The number of benzene rings is 2. The first-order valence-corrected chi connectivity index (χ1v) is 10.6. The third kappa shape index (κ3) is 4.45. The molecule has 2 aromatic carbocycles. The largest absolute Gasteiger partial charge is 0.480 e. The topological polar surface area (TPSA) is 125 Å². The van der Waals surface area contributed by atoms with Gasteiger partial charge in [-0.1, -0.05) is 48.5 Å². The van der Waals surface area contributed by atoms with Crippen molar-refractivity contribution < 1.29 is 29.3 Å². The number of aliphatic hydroxyl groups excluding tert-OH is 1. The van der Waals surface area contributed by atoms with Gasteiger partial charge in [0, 0.05) is 12.3 Å². The zero-order valence-electron chi connectivity index (χ0n) is 17.7. The number of amides is 2. The van der Waals surface area contributed by atoms with Gasteiger partial charge in [0.1, 0.15) is 6.61 Å². The molecule has 2 aliphatic rings. The van der Waals surface area contributed by atoms with Crippen LogP contribution in [0, 0.1) is 0 Å². The number of ether oxygens (including phenoxy) is 1. The summed E-state index contributed by atoms with van der Waals surface area (Å²) >= 11 is 0. The molecule has 2 amide bonds. The molecule has 168 valence electrons. The molecule has 2 atom stereocenters. The molecular weight excluding hydrogens is 412 g/mol. The van der Waals surface area contributed by atoms with E-state index in [4.69, 9.17) is 9.84 Å². The lowest BCUT2D eigenvalue weighted by molar-refractivity contribution is -0.144. The molecule has 1 fully saturated rings. The van der Waals surface area contributed by atoms with Gasteiger partial charge in [-0.15, -0.1) is 0 Å². The van der Waals surface area contributed by atoms with Gasteiger partial charge in [0.05, 0.1) is 11.6 Å². The Hall–Kier alpha value is -3.39. The average Bonchev–Trinajstić information content (AvgIpc) is 3.42. The molecule has 8 nitrogen and oxygen atoms in total. The van der Waals surface area contributed by atoms with Crippen LogP contribution in [0.4, 0.5) is 4.79 Å². The molecule has 4 N–H and O–H groups in total. The summed E-state index contributed by atoms with van der Waals surface area (Å²) < 4.78 is 5.54. The van der Waals surface area contributed by atoms with E-state index < -0.39 is 35.7 Å². The maximum Gasteiger partial charge on any atom is 0.407 e. The zero-order chi connectivity index (χ0) is 22.9. The van der Waals surface area contributed by atoms with Gasteiger partial charge in [0.15, 0.2) is 6.04 Å². The second-order valence-corrected chi connectivity index (χ2v) is 8.53. The predicted octanol–water partition coefficient (Wildman–Crippen LogP) is 2.40. The summed E-state index contributed by atoms with van der Waals surface area (Å²) in [4.78, 5) is 35.9. The Balaban J connectivity index is 1.35. The van der Waals surface area contributed by atoms with Crippen LogP contribution in [-0.4, -0.2) is 52.5 Å². The number of hydrogen-bond donors (Lipinski definition) is 4. The Labute approximate surface area is 185 Å². The number of aliphatic carboxylic acids is 1. The van der Waals surface area contributed by atoms with Crippen molar-refractivity contribution in [3.8, 4) is 11.1 Å². The van der Waals surface area contributed by atoms with Crippen LogP contribution in [0.25, 0.3) is 11.1 Å². The highest BCUT2D eigenvalue weighted by atomic mass is 16.5. The Bertz CT molecular complexity index is 1000. The summed E-state index contributed by atoms with van der Waals surface area (Å²) in [6, 6.07) is 14.7.